The highest BCUT2D eigenvalue weighted by atomic mass is 19.1. The van der Waals surface area contributed by atoms with Crippen molar-refractivity contribution in [3.05, 3.63) is 59.2 Å². The van der Waals surface area contributed by atoms with Gasteiger partial charge in [-0.05, 0) is 56.5 Å². The van der Waals surface area contributed by atoms with Crippen LogP contribution in [-0.4, -0.2) is 70.9 Å². The Morgan fingerprint density at radius 3 is 2.71 bits per heavy atom. The number of carbonyl (C=O) groups excluding carboxylic acids is 1. The lowest BCUT2D eigenvalue weighted by atomic mass is 9.95. The monoisotopic (exact) mass is 577 g/mol. The molecule has 10 nitrogen and oxygen atoms in total. The van der Waals surface area contributed by atoms with Crippen molar-refractivity contribution in [1.82, 2.24) is 19.8 Å². The zero-order valence-electron chi connectivity index (χ0n) is 25.6. The number of aromatic nitrogens is 3. The van der Waals surface area contributed by atoms with Crippen molar-refractivity contribution in [2.75, 3.05) is 44.8 Å². The number of carbonyl (C=O) groups is 1. The van der Waals surface area contributed by atoms with Crippen molar-refractivity contribution >= 4 is 29.3 Å². The zero-order valence-corrected chi connectivity index (χ0v) is 25.6. The summed E-state index contributed by atoms with van der Waals surface area (Å²) in [4.78, 5) is 32.8. The van der Waals surface area contributed by atoms with Gasteiger partial charge in [0, 0.05) is 74.9 Å². The number of anilines is 3. The van der Waals surface area contributed by atoms with Gasteiger partial charge in [-0.1, -0.05) is 24.9 Å². The van der Waals surface area contributed by atoms with Crippen molar-refractivity contribution in [2.45, 2.75) is 53.2 Å². The van der Waals surface area contributed by atoms with E-state index < -0.39 is 11.4 Å². The van der Waals surface area contributed by atoms with Gasteiger partial charge in [0.05, 0.1) is 0 Å². The quantitative estimate of drug-likeness (QED) is 0.293. The van der Waals surface area contributed by atoms with Gasteiger partial charge in [-0.25, -0.2) is 20.1 Å². The van der Waals surface area contributed by atoms with E-state index in [0.29, 0.717) is 29.6 Å². The second-order valence-corrected chi connectivity index (χ2v) is 11.9. The number of benzene rings is 1. The first-order valence-corrected chi connectivity index (χ1v) is 14.2. The number of aliphatic imine (C=N–C) groups is 1. The van der Waals surface area contributed by atoms with Gasteiger partial charge in [-0.3, -0.25) is 9.89 Å². The van der Waals surface area contributed by atoms with Crippen LogP contribution in [-0.2, 0) is 17.7 Å². The molecule has 42 heavy (non-hydrogen) atoms. The molecule has 0 fully saturated rings. The molecule has 0 spiro atoms. The van der Waals surface area contributed by atoms with Crippen molar-refractivity contribution in [1.29, 1.82) is 0 Å². The zero-order chi connectivity index (χ0) is 30.6. The van der Waals surface area contributed by atoms with Crippen molar-refractivity contribution in [3.63, 3.8) is 0 Å². The lowest BCUT2D eigenvalue weighted by Crippen LogP contribution is -2.40. The van der Waals surface area contributed by atoms with Gasteiger partial charge in [-0.15, -0.1) is 0 Å². The fourth-order valence-electron chi connectivity index (χ4n) is 4.86. The maximum absolute atomic E-state index is 14.9. The number of amides is 1. The number of nitrogens with two attached hydrogens (primary N) is 1. The Hall–Kier alpha value is -4.12. The minimum atomic E-state index is -0.517. The van der Waals surface area contributed by atoms with E-state index in [1.54, 1.807) is 31.1 Å². The van der Waals surface area contributed by atoms with Crippen LogP contribution in [0.4, 0.5) is 26.6 Å². The van der Waals surface area contributed by atoms with Crippen LogP contribution in [0.5, 0.6) is 0 Å². The standard InChI is InChI=1S/C31H41FN8O2/c1-19(2)27(34-6)22-16-20(8-10-24(22)33)28-23(32)17-35-29(38-28)37-26-11-9-21-18-40(13-12-25(21)36-26)15-14-39(7)30(41)42-31(3,4)5/h8-11,16-17,19H,12-15,18,33H2,1-7H3,(H,35,36,37,38)/p+1. The molecule has 0 radical (unpaired) electrons. The number of H-pyrrole nitrogens is 1. The predicted molar refractivity (Wildman–Crippen MR) is 163 cm³/mol. The van der Waals surface area contributed by atoms with Crippen LogP contribution in [0.3, 0.4) is 0 Å². The summed E-state index contributed by atoms with van der Waals surface area (Å²) in [5, 5.41) is 3.19. The molecule has 1 amide bonds. The van der Waals surface area contributed by atoms with Gasteiger partial charge in [0.15, 0.2) is 17.3 Å². The molecule has 0 saturated heterocycles. The van der Waals surface area contributed by atoms with E-state index in [0.717, 1.165) is 48.6 Å². The Kier molecular flexibility index (Phi) is 9.40. The molecule has 0 unspecified atom stereocenters. The number of pyridine rings is 1. The van der Waals surface area contributed by atoms with Gasteiger partial charge in [0.1, 0.15) is 11.8 Å². The number of ether oxygens (including phenoxy) is 1. The third-order valence-electron chi connectivity index (χ3n) is 7.01. The molecule has 0 bridgehead atoms. The maximum atomic E-state index is 14.9. The Morgan fingerprint density at radius 2 is 2.02 bits per heavy atom. The molecule has 0 saturated carbocycles. The van der Waals surface area contributed by atoms with Gasteiger partial charge < -0.3 is 15.4 Å². The highest BCUT2D eigenvalue weighted by molar-refractivity contribution is 6.06. The van der Waals surface area contributed by atoms with Gasteiger partial charge >= 0.3 is 12.0 Å². The molecular weight excluding hydrogens is 535 g/mol. The number of aromatic amines is 1. The van der Waals surface area contributed by atoms with Crippen molar-refractivity contribution in [3.8, 4) is 11.3 Å². The summed E-state index contributed by atoms with van der Waals surface area (Å²) >= 11 is 0. The van der Waals surface area contributed by atoms with Crippen LogP contribution < -0.4 is 16.0 Å². The number of rotatable bonds is 8. The summed E-state index contributed by atoms with van der Waals surface area (Å²) in [7, 11) is 3.49. The van der Waals surface area contributed by atoms with Crippen LogP contribution in [0, 0.1) is 11.7 Å². The van der Waals surface area contributed by atoms with Crippen LogP contribution >= 0.6 is 0 Å². The molecule has 3 heterocycles. The number of halogens is 1. The fraction of sp³-hybridized carbons (Fsp3) is 0.452. The summed E-state index contributed by atoms with van der Waals surface area (Å²) in [5.41, 5.74) is 10.9. The van der Waals surface area contributed by atoms with Crippen LogP contribution in [0.15, 0.2) is 41.5 Å². The molecule has 224 valence electrons. The van der Waals surface area contributed by atoms with Gasteiger partial charge in [0.2, 0.25) is 0 Å². The summed E-state index contributed by atoms with van der Waals surface area (Å²) in [6.45, 7) is 12.6. The normalized spacial score (nSPS) is 14.1. The summed E-state index contributed by atoms with van der Waals surface area (Å²) in [6.07, 6.45) is 1.74. The minimum absolute atomic E-state index is 0.160. The number of hydrogen-bond acceptors (Lipinski definition) is 8. The average molecular weight is 578 g/mol. The molecular formula is C31H42FN8O2+. The Morgan fingerprint density at radius 1 is 1.26 bits per heavy atom. The molecule has 0 aliphatic carbocycles. The number of nitrogen functional groups attached to an aromatic ring is 1. The van der Waals surface area contributed by atoms with Crippen LogP contribution in [0.1, 0.15) is 51.4 Å². The molecule has 4 N–H and O–H groups in total. The molecule has 2 aromatic heterocycles. The predicted octanol–water partition coefficient (Wildman–Crippen LogP) is 4.72. The molecule has 4 rings (SSSR count). The van der Waals surface area contributed by atoms with E-state index in [4.69, 9.17) is 15.5 Å². The molecule has 1 aliphatic rings. The summed E-state index contributed by atoms with van der Waals surface area (Å²) < 4.78 is 20.4. The topological polar surface area (TPSA) is 123 Å². The van der Waals surface area contributed by atoms with Crippen LogP contribution in [0.25, 0.3) is 11.3 Å². The highest BCUT2D eigenvalue weighted by Gasteiger charge is 2.23. The lowest BCUT2D eigenvalue weighted by Gasteiger charge is -2.30. The number of fused-ring (bicyclic) bond motifs is 1. The van der Waals surface area contributed by atoms with Crippen molar-refractivity contribution < 1.29 is 18.9 Å². The highest BCUT2D eigenvalue weighted by Crippen LogP contribution is 2.27. The fourth-order valence-corrected chi connectivity index (χ4v) is 4.86. The molecule has 1 aromatic carbocycles. The number of nitrogens with zero attached hydrogens (tertiary/aromatic N) is 5. The van der Waals surface area contributed by atoms with E-state index in [1.165, 1.54) is 6.20 Å². The Bertz CT molecular complexity index is 1470. The Labute approximate surface area is 247 Å². The Balaban J connectivity index is 1.44. The van der Waals surface area contributed by atoms with E-state index in [9.17, 15) is 9.18 Å². The van der Waals surface area contributed by atoms with Gasteiger partial charge in [-0.2, -0.15) is 4.39 Å². The maximum Gasteiger partial charge on any atom is 0.410 e. The molecule has 11 heteroatoms. The lowest BCUT2D eigenvalue weighted by molar-refractivity contribution is -0.367. The third-order valence-corrected chi connectivity index (χ3v) is 7.01. The third kappa shape index (κ3) is 7.58. The smallest absolute Gasteiger partial charge is 0.410 e. The van der Waals surface area contributed by atoms with Crippen LogP contribution in [0.2, 0.25) is 0 Å². The second-order valence-electron chi connectivity index (χ2n) is 11.9. The van der Waals surface area contributed by atoms with E-state index in [1.807, 2.05) is 52.8 Å². The van der Waals surface area contributed by atoms with Gasteiger partial charge in [0.25, 0.3) is 0 Å². The molecule has 3 aromatic rings. The SMILES string of the molecule is CN=C(c1cc(-c2nc(Nc3ccc4c(n3)CCN(CCN(C)C(=O)OC(C)(C)C)C4)[nH+]cc2F)ccc1N)C(C)C. The van der Waals surface area contributed by atoms with E-state index in [-0.39, 0.29) is 17.7 Å². The molecule has 1 aliphatic heterocycles. The summed E-state index contributed by atoms with van der Waals surface area (Å²) in [5.74, 6) is 0.665. The number of likely N-dealkylation sites (N-methyl/N-ethyl adjacent to an activating group) is 1. The van der Waals surface area contributed by atoms with Crippen molar-refractivity contribution in [2.24, 2.45) is 10.9 Å². The first-order chi connectivity index (χ1) is 19.8. The first-order valence-electron chi connectivity index (χ1n) is 14.2. The minimum Gasteiger partial charge on any atom is -0.444 e. The number of hydrogen-bond donors (Lipinski definition) is 2. The summed E-state index contributed by atoms with van der Waals surface area (Å²) in [6, 6.07) is 9.29. The van der Waals surface area contributed by atoms with E-state index >= 15 is 0 Å². The second kappa shape index (κ2) is 12.8. The number of nitrogens with one attached hydrogen (secondary N) is 2. The average Bonchev–Trinajstić information content (AvgIpc) is 2.93. The van der Waals surface area contributed by atoms with E-state index in [2.05, 4.69) is 25.2 Å². The first kappa shape index (κ1) is 30.8. The largest absolute Gasteiger partial charge is 0.444 e. The molecule has 0 atom stereocenters.